The molecule has 3 saturated carbocycles. The average Bonchev–Trinajstić information content (AvgIpc) is 2.87. The van der Waals surface area contributed by atoms with Crippen molar-refractivity contribution >= 4 is 0 Å². The molecule has 0 aliphatic heterocycles. The summed E-state index contributed by atoms with van der Waals surface area (Å²) in [5.41, 5.74) is 3.39. The number of allylic oxidation sites excluding steroid dienone is 2. The SMILES string of the molecule is C=C(C)[C@H]1C[C@@H](C)[C@H]2[C@@H]3CC=C4C[C@](O)(CC)CC[C@]4(C)[C@H]3CC[C@@]21C. The maximum atomic E-state index is 10.9. The molecule has 0 aromatic heterocycles. The first-order chi connectivity index (χ1) is 12.1. The van der Waals surface area contributed by atoms with Crippen molar-refractivity contribution in [2.24, 2.45) is 40.4 Å². The fraction of sp³-hybridized carbons (Fsp3) is 0.840. The van der Waals surface area contributed by atoms with Gasteiger partial charge in [0.25, 0.3) is 0 Å². The summed E-state index contributed by atoms with van der Waals surface area (Å²) < 4.78 is 0. The molecule has 0 amide bonds. The molecule has 4 aliphatic carbocycles. The molecule has 8 atom stereocenters. The molecule has 3 fully saturated rings. The quantitative estimate of drug-likeness (QED) is 0.558. The molecule has 0 saturated heterocycles. The molecule has 0 unspecified atom stereocenters. The molecule has 26 heavy (non-hydrogen) atoms. The molecule has 1 N–H and O–H groups in total. The van der Waals surface area contributed by atoms with E-state index < -0.39 is 5.60 Å². The predicted molar refractivity (Wildman–Crippen MR) is 110 cm³/mol. The molecule has 4 aliphatic rings. The Morgan fingerprint density at radius 2 is 2.00 bits per heavy atom. The van der Waals surface area contributed by atoms with Crippen LogP contribution in [0.15, 0.2) is 23.8 Å². The second-order valence-electron chi connectivity index (χ2n) is 11.1. The summed E-state index contributed by atoms with van der Waals surface area (Å²) in [5, 5.41) is 10.9. The van der Waals surface area contributed by atoms with Crippen LogP contribution in [0.25, 0.3) is 0 Å². The fourth-order valence-corrected chi connectivity index (χ4v) is 8.33. The van der Waals surface area contributed by atoms with Gasteiger partial charge in [0.05, 0.1) is 5.60 Å². The first-order valence-corrected chi connectivity index (χ1v) is 11.2. The number of hydrogen-bond donors (Lipinski definition) is 1. The van der Waals surface area contributed by atoms with E-state index in [0.717, 1.165) is 48.9 Å². The van der Waals surface area contributed by atoms with Crippen LogP contribution >= 0.6 is 0 Å². The fourth-order valence-electron chi connectivity index (χ4n) is 8.33. The highest BCUT2D eigenvalue weighted by molar-refractivity contribution is 5.28. The van der Waals surface area contributed by atoms with Crippen molar-refractivity contribution in [1.29, 1.82) is 0 Å². The normalized spacial score (nSPS) is 53.3. The van der Waals surface area contributed by atoms with Gasteiger partial charge in [-0.05, 0) is 98.7 Å². The van der Waals surface area contributed by atoms with E-state index in [9.17, 15) is 5.11 Å². The Kier molecular flexibility index (Phi) is 4.31. The van der Waals surface area contributed by atoms with Crippen LogP contribution in [-0.2, 0) is 0 Å². The third-order valence-electron chi connectivity index (χ3n) is 9.82. The maximum absolute atomic E-state index is 10.9. The lowest BCUT2D eigenvalue weighted by Gasteiger charge is -2.59. The minimum atomic E-state index is -0.437. The zero-order chi connectivity index (χ0) is 18.9. The highest BCUT2D eigenvalue weighted by Crippen LogP contribution is 2.68. The molecule has 1 heteroatoms. The molecular weight excluding hydrogens is 316 g/mol. The summed E-state index contributed by atoms with van der Waals surface area (Å²) in [6, 6.07) is 0. The van der Waals surface area contributed by atoms with E-state index in [4.69, 9.17) is 0 Å². The first-order valence-electron chi connectivity index (χ1n) is 11.2. The van der Waals surface area contributed by atoms with Crippen molar-refractivity contribution in [3.63, 3.8) is 0 Å². The Balaban J connectivity index is 1.68. The molecule has 0 bridgehead atoms. The van der Waals surface area contributed by atoms with Crippen LogP contribution in [0.1, 0.15) is 86.0 Å². The monoisotopic (exact) mass is 356 g/mol. The largest absolute Gasteiger partial charge is 0.390 e. The summed E-state index contributed by atoms with van der Waals surface area (Å²) >= 11 is 0. The van der Waals surface area contributed by atoms with Crippen molar-refractivity contribution in [1.82, 2.24) is 0 Å². The summed E-state index contributed by atoms with van der Waals surface area (Å²) in [6.07, 6.45) is 11.9. The van der Waals surface area contributed by atoms with Gasteiger partial charge < -0.3 is 5.11 Å². The summed E-state index contributed by atoms with van der Waals surface area (Å²) in [6.45, 7) is 16.5. The van der Waals surface area contributed by atoms with Crippen LogP contribution in [0.5, 0.6) is 0 Å². The number of aliphatic hydroxyl groups is 1. The minimum Gasteiger partial charge on any atom is -0.390 e. The zero-order valence-corrected chi connectivity index (χ0v) is 17.8. The lowest BCUT2D eigenvalue weighted by atomic mass is 9.46. The molecule has 0 spiro atoms. The van der Waals surface area contributed by atoms with E-state index in [1.54, 1.807) is 5.57 Å². The molecule has 0 heterocycles. The number of hydrogen-bond acceptors (Lipinski definition) is 1. The van der Waals surface area contributed by atoms with Crippen molar-refractivity contribution < 1.29 is 5.11 Å². The smallest absolute Gasteiger partial charge is 0.0682 e. The number of rotatable bonds is 2. The van der Waals surface area contributed by atoms with Crippen molar-refractivity contribution in [2.45, 2.75) is 91.6 Å². The van der Waals surface area contributed by atoms with Crippen LogP contribution in [-0.4, -0.2) is 10.7 Å². The van der Waals surface area contributed by atoms with Crippen LogP contribution in [0.3, 0.4) is 0 Å². The van der Waals surface area contributed by atoms with Gasteiger partial charge in [-0.25, -0.2) is 0 Å². The van der Waals surface area contributed by atoms with E-state index in [0.29, 0.717) is 10.8 Å². The van der Waals surface area contributed by atoms with E-state index in [1.165, 1.54) is 37.7 Å². The van der Waals surface area contributed by atoms with E-state index in [-0.39, 0.29) is 0 Å². The topological polar surface area (TPSA) is 20.2 Å². The van der Waals surface area contributed by atoms with Gasteiger partial charge in [-0.3, -0.25) is 0 Å². The van der Waals surface area contributed by atoms with E-state index in [2.05, 4.69) is 47.3 Å². The van der Waals surface area contributed by atoms with Crippen molar-refractivity contribution in [3.8, 4) is 0 Å². The van der Waals surface area contributed by atoms with Crippen molar-refractivity contribution in [3.05, 3.63) is 23.8 Å². The van der Waals surface area contributed by atoms with Gasteiger partial charge in [-0.1, -0.05) is 51.5 Å². The van der Waals surface area contributed by atoms with Gasteiger partial charge in [0.1, 0.15) is 0 Å². The standard InChI is InChI=1S/C25H40O/c1-7-25(26)13-12-23(5)18(15-25)8-9-19-20(23)10-11-24(6)21(16(2)3)14-17(4)22(19)24/h8,17,19-22,26H,2,7,9-15H2,1,3-6H3/t17-,19-,20+,21-,22+,23+,24-,25+/m1/s1. The van der Waals surface area contributed by atoms with Gasteiger partial charge >= 0.3 is 0 Å². The van der Waals surface area contributed by atoms with Gasteiger partial charge in [-0.15, -0.1) is 0 Å². The number of fused-ring (bicyclic) bond motifs is 5. The highest BCUT2D eigenvalue weighted by atomic mass is 16.3. The maximum Gasteiger partial charge on any atom is 0.0682 e. The summed E-state index contributed by atoms with van der Waals surface area (Å²) in [5.74, 6) is 4.06. The van der Waals surface area contributed by atoms with E-state index in [1.807, 2.05) is 0 Å². The Morgan fingerprint density at radius 1 is 1.27 bits per heavy atom. The zero-order valence-electron chi connectivity index (χ0n) is 17.8. The Labute approximate surface area is 161 Å². The van der Waals surface area contributed by atoms with Crippen molar-refractivity contribution in [2.75, 3.05) is 0 Å². The summed E-state index contributed by atoms with van der Waals surface area (Å²) in [7, 11) is 0. The third kappa shape index (κ3) is 2.45. The van der Waals surface area contributed by atoms with Gasteiger partial charge in [0.15, 0.2) is 0 Å². The van der Waals surface area contributed by atoms with Gasteiger partial charge in [-0.2, -0.15) is 0 Å². The Bertz CT molecular complexity index is 632. The predicted octanol–water partition coefficient (Wildman–Crippen LogP) is 6.53. The molecule has 0 aromatic rings. The lowest BCUT2D eigenvalue weighted by molar-refractivity contribution is -0.0749. The summed E-state index contributed by atoms with van der Waals surface area (Å²) in [4.78, 5) is 0. The van der Waals surface area contributed by atoms with Gasteiger partial charge in [0.2, 0.25) is 0 Å². The van der Waals surface area contributed by atoms with Crippen LogP contribution in [0, 0.1) is 40.4 Å². The molecular formula is C25H40O. The highest BCUT2D eigenvalue weighted by Gasteiger charge is 2.61. The minimum absolute atomic E-state index is 0.340. The Morgan fingerprint density at radius 3 is 2.65 bits per heavy atom. The van der Waals surface area contributed by atoms with Crippen LogP contribution < -0.4 is 0 Å². The molecule has 146 valence electrons. The van der Waals surface area contributed by atoms with Crippen LogP contribution in [0.4, 0.5) is 0 Å². The molecule has 1 nitrogen and oxygen atoms in total. The molecule has 4 rings (SSSR count). The Hall–Kier alpha value is -0.560. The van der Waals surface area contributed by atoms with E-state index >= 15 is 0 Å². The van der Waals surface area contributed by atoms with Crippen LogP contribution in [0.2, 0.25) is 0 Å². The van der Waals surface area contributed by atoms with Gasteiger partial charge in [0, 0.05) is 0 Å². The lowest BCUT2D eigenvalue weighted by Crippen LogP contribution is -2.52. The molecule has 0 aromatic carbocycles. The second kappa shape index (κ2) is 5.97. The average molecular weight is 357 g/mol. The first kappa shape index (κ1) is 18.8. The second-order valence-corrected chi connectivity index (χ2v) is 11.1. The molecule has 0 radical (unpaired) electrons. The third-order valence-corrected chi connectivity index (χ3v) is 9.82.